The Morgan fingerprint density at radius 1 is 1.17 bits per heavy atom. The van der Waals surface area contributed by atoms with Crippen LogP contribution in [0.2, 0.25) is 0 Å². The molecule has 1 N–H and O–H groups in total. The van der Waals surface area contributed by atoms with Crippen molar-refractivity contribution >= 4 is 0 Å². The highest BCUT2D eigenvalue weighted by Crippen LogP contribution is 2.06. The van der Waals surface area contributed by atoms with Crippen LogP contribution in [0.3, 0.4) is 0 Å². The first-order valence-electron chi connectivity index (χ1n) is 6.41. The van der Waals surface area contributed by atoms with E-state index in [1.54, 1.807) is 0 Å². The molecule has 4 nitrogen and oxygen atoms in total. The highest BCUT2D eigenvalue weighted by Gasteiger charge is 2.09. The van der Waals surface area contributed by atoms with Crippen LogP contribution in [0.25, 0.3) is 0 Å². The van der Waals surface area contributed by atoms with E-state index in [-0.39, 0.29) is 5.54 Å². The van der Waals surface area contributed by atoms with E-state index < -0.39 is 0 Å². The number of rotatable bonds is 5. The SMILES string of the molecule is CC(C)(C)NCc1cccn1CCn1cccn1. The molecule has 2 rings (SSSR count). The summed E-state index contributed by atoms with van der Waals surface area (Å²) in [6.45, 7) is 9.31. The van der Waals surface area contributed by atoms with Crippen molar-refractivity contribution in [3.8, 4) is 0 Å². The van der Waals surface area contributed by atoms with Crippen LogP contribution in [0.15, 0.2) is 36.8 Å². The normalized spacial score (nSPS) is 11.9. The third-order valence-corrected chi connectivity index (χ3v) is 2.85. The Hall–Kier alpha value is -1.55. The van der Waals surface area contributed by atoms with E-state index in [0.717, 1.165) is 19.6 Å². The predicted molar refractivity (Wildman–Crippen MR) is 73.3 cm³/mol. The Morgan fingerprint density at radius 3 is 2.67 bits per heavy atom. The van der Waals surface area contributed by atoms with Gasteiger partial charge in [-0.15, -0.1) is 0 Å². The van der Waals surface area contributed by atoms with E-state index in [1.165, 1.54) is 5.69 Å². The number of aromatic nitrogens is 3. The molecule has 98 valence electrons. The Bertz CT molecular complexity index is 462. The summed E-state index contributed by atoms with van der Waals surface area (Å²) in [7, 11) is 0. The van der Waals surface area contributed by atoms with Crippen molar-refractivity contribution in [3.63, 3.8) is 0 Å². The summed E-state index contributed by atoms with van der Waals surface area (Å²) in [6, 6.07) is 6.22. The Morgan fingerprint density at radius 2 is 2.00 bits per heavy atom. The van der Waals surface area contributed by atoms with Gasteiger partial charge in [-0.1, -0.05) is 0 Å². The molecule has 18 heavy (non-hydrogen) atoms. The standard InChI is InChI=1S/C14H22N4/c1-14(2,3)15-12-13-6-4-8-17(13)10-11-18-9-5-7-16-18/h4-9,15H,10-12H2,1-3H3. The highest BCUT2D eigenvalue weighted by atomic mass is 15.3. The van der Waals surface area contributed by atoms with E-state index in [4.69, 9.17) is 0 Å². The molecule has 0 aromatic carbocycles. The van der Waals surface area contributed by atoms with Crippen LogP contribution < -0.4 is 5.32 Å². The molecule has 0 atom stereocenters. The van der Waals surface area contributed by atoms with Crippen molar-refractivity contribution in [2.75, 3.05) is 0 Å². The molecule has 2 aromatic rings. The van der Waals surface area contributed by atoms with E-state index in [9.17, 15) is 0 Å². The minimum Gasteiger partial charge on any atom is -0.348 e. The summed E-state index contributed by atoms with van der Waals surface area (Å²) in [5.74, 6) is 0. The van der Waals surface area contributed by atoms with Gasteiger partial charge in [0.25, 0.3) is 0 Å². The molecule has 0 fully saturated rings. The molecule has 2 heterocycles. The lowest BCUT2D eigenvalue weighted by molar-refractivity contribution is 0.412. The summed E-state index contributed by atoms with van der Waals surface area (Å²) < 4.78 is 4.24. The molecule has 4 heteroatoms. The number of hydrogen-bond acceptors (Lipinski definition) is 2. The number of nitrogens with one attached hydrogen (secondary N) is 1. The van der Waals surface area contributed by atoms with Crippen molar-refractivity contribution < 1.29 is 0 Å². The molecular formula is C14H22N4. The predicted octanol–water partition coefficient (Wildman–Crippen LogP) is 2.27. The van der Waals surface area contributed by atoms with Gasteiger partial charge in [-0.25, -0.2) is 0 Å². The Balaban J connectivity index is 1.91. The second kappa shape index (κ2) is 5.40. The summed E-state index contributed by atoms with van der Waals surface area (Å²) in [4.78, 5) is 0. The van der Waals surface area contributed by atoms with Crippen LogP contribution in [0, 0.1) is 0 Å². The van der Waals surface area contributed by atoms with E-state index in [0.29, 0.717) is 0 Å². The molecule has 2 aromatic heterocycles. The van der Waals surface area contributed by atoms with Crippen LogP contribution >= 0.6 is 0 Å². The quantitative estimate of drug-likeness (QED) is 0.878. The average Bonchev–Trinajstić information content (AvgIpc) is 2.94. The van der Waals surface area contributed by atoms with Crippen LogP contribution in [-0.4, -0.2) is 19.9 Å². The average molecular weight is 246 g/mol. The molecule has 0 saturated carbocycles. The molecule has 0 saturated heterocycles. The molecular weight excluding hydrogens is 224 g/mol. The molecule has 0 bridgehead atoms. The summed E-state index contributed by atoms with van der Waals surface area (Å²) in [6.07, 6.45) is 5.94. The van der Waals surface area contributed by atoms with Gasteiger partial charge in [-0.3, -0.25) is 4.68 Å². The van der Waals surface area contributed by atoms with Gasteiger partial charge in [0.2, 0.25) is 0 Å². The fourth-order valence-electron chi connectivity index (χ4n) is 1.83. The lowest BCUT2D eigenvalue weighted by atomic mass is 10.1. The third-order valence-electron chi connectivity index (χ3n) is 2.85. The molecule has 0 aliphatic heterocycles. The zero-order valence-corrected chi connectivity index (χ0v) is 11.4. The number of hydrogen-bond donors (Lipinski definition) is 1. The lowest BCUT2D eigenvalue weighted by Gasteiger charge is -2.21. The third kappa shape index (κ3) is 3.74. The maximum Gasteiger partial charge on any atom is 0.0588 e. The zero-order chi connectivity index (χ0) is 13.0. The van der Waals surface area contributed by atoms with Crippen molar-refractivity contribution in [2.45, 2.75) is 45.9 Å². The van der Waals surface area contributed by atoms with Crippen LogP contribution in [0.1, 0.15) is 26.5 Å². The minimum absolute atomic E-state index is 0.150. The zero-order valence-electron chi connectivity index (χ0n) is 11.4. The van der Waals surface area contributed by atoms with Crippen molar-refractivity contribution in [2.24, 2.45) is 0 Å². The minimum atomic E-state index is 0.150. The van der Waals surface area contributed by atoms with Gasteiger partial charge in [0.1, 0.15) is 0 Å². The van der Waals surface area contributed by atoms with Gasteiger partial charge in [-0.2, -0.15) is 5.10 Å². The van der Waals surface area contributed by atoms with Crippen LogP contribution in [0.4, 0.5) is 0 Å². The summed E-state index contributed by atoms with van der Waals surface area (Å²) >= 11 is 0. The molecule has 0 aliphatic rings. The fraction of sp³-hybridized carbons (Fsp3) is 0.500. The fourth-order valence-corrected chi connectivity index (χ4v) is 1.83. The van der Waals surface area contributed by atoms with Crippen molar-refractivity contribution in [1.82, 2.24) is 19.7 Å². The van der Waals surface area contributed by atoms with Crippen molar-refractivity contribution in [3.05, 3.63) is 42.5 Å². The largest absolute Gasteiger partial charge is 0.348 e. The molecule has 0 amide bonds. The summed E-state index contributed by atoms with van der Waals surface area (Å²) in [5, 5.41) is 7.73. The van der Waals surface area contributed by atoms with Gasteiger partial charge < -0.3 is 9.88 Å². The van der Waals surface area contributed by atoms with Crippen LogP contribution in [-0.2, 0) is 19.6 Å². The first-order chi connectivity index (χ1) is 8.54. The second-order valence-electron chi connectivity index (χ2n) is 5.57. The van der Waals surface area contributed by atoms with E-state index in [1.807, 2.05) is 23.1 Å². The van der Waals surface area contributed by atoms with Gasteiger partial charge >= 0.3 is 0 Å². The van der Waals surface area contributed by atoms with E-state index in [2.05, 4.69) is 54.1 Å². The Kier molecular flexibility index (Phi) is 3.87. The Labute approximate surface area is 109 Å². The number of aryl methyl sites for hydroxylation is 2. The molecule has 0 radical (unpaired) electrons. The summed E-state index contributed by atoms with van der Waals surface area (Å²) in [5.41, 5.74) is 1.47. The van der Waals surface area contributed by atoms with Gasteiger partial charge in [0.05, 0.1) is 6.54 Å². The topological polar surface area (TPSA) is 34.8 Å². The van der Waals surface area contributed by atoms with Crippen molar-refractivity contribution in [1.29, 1.82) is 0 Å². The lowest BCUT2D eigenvalue weighted by Crippen LogP contribution is -2.35. The molecule has 0 spiro atoms. The first kappa shape index (κ1) is 12.9. The van der Waals surface area contributed by atoms with E-state index >= 15 is 0 Å². The molecule has 0 aliphatic carbocycles. The highest BCUT2D eigenvalue weighted by molar-refractivity contribution is 5.07. The van der Waals surface area contributed by atoms with Gasteiger partial charge in [0, 0.05) is 42.9 Å². The number of nitrogens with zero attached hydrogens (tertiary/aromatic N) is 3. The van der Waals surface area contributed by atoms with Gasteiger partial charge in [0.15, 0.2) is 0 Å². The second-order valence-corrected chi connectivity index (χ2v) is 5.57. The maximum atomic E-state index is 4.22. The molecule has 0 unspecified atom stereocenters. The van der Waals surface area contributed by atoms with Crippen LogP contribution in [0.5, 0.6) is 0 Å². The smallest absolute Gasteiger partial charge is 0.0588 e. The monoisotopic (exact) mass is 246 g/mol. The maximum absolute atomic E-state index is 4.22. The van der Waals surface area contributed by atoms with Gasteiger partial charge in [-0.05, 0) is 39.0 Å². The first-order valence-corrected chi connectivity index (χ1v) is 6.41.